The van der Waals surface area contributed by atoms with Gasteiger partial charge >= 0.3 is 0 Å². The minimum absolute atomic E-state index is 0.0106. The van der Waals surface area contributed by atoms with E-state index in [1.54, 1.807) is 4.90 Å². The zero-order chi connectivity index (χ0) is 13.4. The molecule has 0 bridgehead atoms. The van der Waals surface area contributed by atoms with Gasteiger partial charge in [0.1, 0.15) is 6.61 Å². The van der Waals surface area contributed by atoms with E-state index in [0.29, 0.717) is 19.1 Å². The molecule has 1 heterocycles. The van der Waals surface area contributed by atoms with Crippen molar-refractivity contribution in [3.05, 3.63) is 0 Å². The summed E-state index contributed by atoms with van der Waals surface area (Å²) in [6, 6.07) is 0. The number of carbonyl (C=O) groups excluding carboxylic acids is 1. The maximum absolute atomic E-state index is 11.8. The van der Waals surface area contributed by atoms with Crippen LogP contribution in [0, 0.1) is 5.92 Å². The van der Waals surface area contributed by atoms with Crippen LogP contribution in [0.5, 0.6) is 0 Å². The second-order valence-electron chi connectivity index (χ2n) is 5.29. The highest BCUT2D eigenvalue weighted by molar-refractivity contribution is 5.77. The van der Waals surface area contributed by atoms with E-state index in [-0.39, 0.29) is 18.6 Å². The predicted octanol–water partition coefficient (Wildman–Crippen LogP) is 1.81. The smallest absolute Gasteiger partial charge is 0.248 e. The van der Waals surface area contributed by atoms with Gasteiger partial charge in [0.2, 0.25) is 5.91 Å². The normalized spacial score (nSPS) is 24.3. The molecule has 0 aromatic carbocycles. The Morgan fingerprint density at radius 3 is 2.83 bits per heavy atom. The lowest BCUT2D eigenvalue weighted by molar-refractivity contribution is -0.140. The molecular formula is C14H27NO3. The molecule has 2 unspecified atom stereocenters. The molecule has 0 aromatic rings. The van der Waals surface area contributed by atoms with Gasteiger partial charge in [-0.05, 0) is 18.8 Å². The number of aliphatic hydroxyl groups is 1. The van der Waals surface area contributed by atoms with Gasteiger partial charge in [0.05, 0.1) is 6.10 Å². The van der Waals surface area contributed by atoms with E-state index in [0.717, 1.165) is 19.4 Å². The van der Waals surface area contributed by atoms with Crippen LogP contribution in [0.2, 0.25) is 0 Å². The van der Waals surface area contributed by atoms with Crippen molar-refractivity contribution in [2.45, 2.75) is 52.1 Å². The molecule has 4 nitrogen and oxygen atoms in total. The third-order valence-electron chi connectivity index (χ3n) is 3.64. The summed E-state index contributed by atoms with van der Waals surface area (Å²) in [5.74, 6) is 0.306. The molecule has 1 amide bonds. The number of amides is 1. The highest BCUT2D eigenvalue weighted by Gasteiger charge is 2.26. The van der Waals surface area contributed by atoms with Gasteiger partial charge in [0.25, 0.3) is 0 Å². The molecule has 1 aliphatic rings. The average molecular weight is 257 g/mol. The first-order valence-electron chi connectivity index (χ1n) is 7.18. The van der Waals surface area contributed by atoms with Gasteiger partial charge in [-0.25, -0.2) is 0 Å². The number of ether oxygens (including phenoxy) is 1. The highest BCUT2D eigenvalue weighted by Crippen LogP contribution is 2.16. The van der Waals surface area contributed by atoms with E-state index in [2.05, 4.69) is 6.92 Å². The summed E-state index contributed by atoms with van der Waals surface area (Å²) in [4.78, 5) is 13.5. The minimum atomic E-state index is -0.382. The van der Waals surface area contributed by atoms with E-state index in [1.165, 1.54) is 19.3 Å². The summed E-state index contributed by atoms with van der Waals surface area (Å²) < 4.78 is 5.38. The van der Waals surface area contributed by atoms with Crippen LogP contribution in [0.25, 0.3) is 0 Å². The molecular weight excluding hydrogens is 230 g/mol. The van der Waals surface area contributed by atoms with E-state index in [1.807, 2.05) is 6.92 Å². The molecule has 0 spiro atoms. The summed E-state index contributed by atoms with van der Waals surface area (Å²) in [7, 11) is 0. The fourth-order valence-corrected chi connectivity index (χ4v) is 2.16. The van der Waals surface area contributed by atoms with Crippen molar-refractivity contribution in [2.24, 2.45) is 5.92 Å². The molecule has 1 rings (SSSR count). The van der Waals surface area contributed by atoms with Crippen LogP contribution in [-0.2, 0) is 9.53 Å². The van der Waals surface area contributed by atoms with Gasteiger partial charge in [0.15, 0.2) is 0 Å². The second-order valence-corrected chi connectivity index (χ2v) is 5.29. The molecule has 1 fully saturated rings. The first kappa shape index (κ1) is 15.4. The lowest BCUT2D eigenvalue weighted by Gasteiger charge is -2.34. The SMILES string of the molecule is CCCCCCOCC(=O)N1CCC(C)C(O)C1. The maximum Gasteiger partial charge on any atom is 0.248 e. The number of carbonyl (C=O) groups is 1. The Hall–Kier alpha value is -0.610. The number of likely N-dealkylation sites (tertiary alicyclic amines) is 1. The summed E-state index contributed by atoms with van der Waals surface area (Å²) in [6.07, 6.45) is 5.14. The fourth-order valence-electron chi connectivity index (χ4n) is 2.16. The Morgan fingerprint density at radius 1 is 1.39 bits per heavy atom. The third-order valence-corrected chi connectivity index (χ3v) is 3.64. The summed E-state index contributed by atoms with van der Waals surface area (Å²) >= 11 is 0. The van der Waals surface area contributed by atoms with Crippen LogP contribution in [0.3, 0.4) is 0 Å². The first-order chi connectivity index (χ1) is 8.65. The van der Waals surface area contributed by atoms with Crippen LogP contribution in [0.1, 0.15) is 46.0 Å². The number of piperidine rings is 1. The van der Waals surface area contributed by atoms with E-state index in [4.69, 9.17) is 4.74 Å². The number of β-amino-alcohol motifs (C(OH)–C–C–N with tert-alkyl or cyclic N) is 1. The van der Waals surface area contributed by atoms with Gasteiger partial charge in [-0.15, -0.1) is 0 Å². The summed E-state index contributed by atoms with van der Waals surface area (Å²) in [5, 5.41) is 9.73. The molecule has 0 saturated carbocycles. The minimum Gasteiger partial charge on any atom is -0.391 e. The Kier molecular flexibility index (Phi) is 7.28. The predicted molar refractivity (Wildman–Crippen MR) is 71.3 cm³/mol. The van der Waals surface area contributed by atoms with E-state index >= 15 is 0 Å². The molecule has 0 radical (unpaired) electrons. The standard InChI is InChI=1S/C14H27NO3/c1-3-4-5-6-9-18-11-14(17)15-8-7-12(2)13(16)10-15/h12-13,16H,3-11H2,1-2H3. The van der Waals surface area contributed by atoms with Gasteiger partial charge in [-0.1, -0.05) is 33.1 Å². The zero-order valence-corrected chi connectivity index (χ0v) is 11.7. The number of rotatable bonds is 7. The third kappa shape index (κ3) is 5.36. The Balaban J connectivity index is 2.09. The Labute approximate surface area is 110 Å². The van der Waals surface area contributed by atoms with Crippen molar-refractivity contribution >= 4 is 5.91 Å². The largest absolute Gasteiger partial charge is 0.391 e. The van der Waals surface area contributed by atoms with Crippen LogP contribution in [0.4, 0.5) is 0 Å². The monoisotopic (exact) mass is 257 g/mol. The quantitative estimate of drug-likeness (QED) is 0.708. The van der Waals surface area contributed by atoms with Crippen molar-refractivity contribution in [1.29, 1.82) is 0 Å². The topological polar surface area (TPSA) is 49.8 Å². The van der Waals surface area contributed by atoms with Crippen LogP contribution in [-0.4, -0.2) is 48.3 Å². The van der Waals surface area contributed by atoms with E-state index < -0.39 is 0 Å². The Morgan fingerprint density at radius 2 is 2.17 bits per heavy atom. The lowest BCUT2D eigenvalue weighted by atomic mass is 9.96. The van der Waals surface area contributed by atoms with Gasteiger partial charge in [0, 0.05) is 19.7 Å². The molecule has 1 aliphatic heterocycles. The number of hydrogen-bond acceptors (Lipinski definition) is 3. The molecule has 106 valence electrons. The maximum atomic E-state index is 11.8. The molecule has 1 saturated heterocycles. The van der Waals surface area contributed by atoms with Crippen molar-refractivity contribution in [3.8, 4) is 0 Å². The average Bonchev–Trinajstić information content (AvgIpc) is 2.36. The molecule has 1 N–H and O–H groups in total. The summed E-state index contributed by atoms with van der Waals surface area (Å²) in [6.45, 7) is 6.23. The Bertz CT molecular complexity index is 245. The molecule has 2 atom stereocenters. The van der Waals surface area contributed by atoms with Crippen molar-refractivity contribution in [1.82, 2.24) is 4.90 Å². The van der Waals surface area contributed by atoms with Gasteiger partial charge < -0.3 is 14.7 Å². The number of aliphatic hydroxyl groups excluding tert-OH is 1. The second kappa shape index (κ2) is 8.48. The fraction of sp³-hybridized carbons (Fsp3) is 0.929. The number of unbranched alkanes of at least 4 members (excludes halogenated alkanes) is 3. The van der Waals surface area contributed by atoms with Crippen LogP contribution in [0.15, 0.2) is 0 Å². The molecule has 0 aliphatic carbocycles. The van der Waals surface area contributed by atoms with Crippen molar-refractivity contribution < 1.29 is 14.6 Å². The summed E-state index contributed by atoms with van der Waals surface area (Å²) in [5.41, 5.74) is 0. The van der Waals surface area contributed by atoms with Crippen LogP contribution < -0.4 is 0 Å². The molecule has 4 heteroatoms. The highest BCUT2D eigenvalue weighted by atomic mass is 16.5. The van der Waals surface area contributed by atoms with Gasteiger partial charge in [-0.2, -0.15) is 0 Å². The zero-order valence-electron chi connectivity index (χ0n) is 11.7. The van der Waals surface area contributed by atoms with Gasteiger partial charge in [-0.3, -0.25) is 4.79 Å². The van der Waals surface area contributed by atoms with Crippen molar-refractivity contribution in [2.75, 3.05) is 26.3 Å². The van der Waals surface area contributed by atoms with Crippen molar-refractivity contribution in [3.63, 3.8) is 0 Å². The number of nitrogens with zero attached hydrogens (tertiary/aromatic N) is 1. The molecule has 0 aromatic heterocycles. The van der Waals surface area contributed by atoms with Crippen LogP contribution >= 0.6 is 0 Å². The lowest BCUT2D eigenvalue weighted by Crippen LogP contribution is -2.47. The molecule has 18 heavy (non-hydrogen) atoms. The van der Waals surface area contributed by atoms with E-state index in [9.17, 15) is 9.90 Å². The number of hydrogen-bond donors (Lipinski definition) is 1. The first-order valence-corrected chi connectivity index (χ1v) is 7.18.